The number of ether oxygens (including phenoxy) is 6. The summed E-state index contributed by atoms with van der Waals surface area (Å²) in [4.78, 5) is 96.7. The minimum absolute atomic E-state index is 0.0372. The van der Waals surface area contributed by atoms with E-state index in [4.69, 9.17) is 37.3 Å². The van der Waals surface area contributed by atoms with Crippen molar-refractivity contribution >= 4 is 117 Å². The van der Waals surface area contributed by atoms with Crippen molar-refractivity contribution in [3.8, 4) is 0 Å². The molecule has 0 unspecified atom stereocenters. The van der Waals surface area contributed by atoms with Gasteiger partial charge < -0.3 is 57.7 Å². The summed E-state index contributed by atoms with van der Waals surface area (Å²) in [6.07, 6.45) is 7.51. The van der Waals surface area contributed by atoms with Gasteiger partial charge in [0.1, 0.15) is 35.7 Å². The van der Waals surface area contributed by atoms with Gasteiger partial charge >= 0.3 is 17.9 Å². The van der Waals surface area contributed by atoms with Crippen LogP contribution < -0.4 is 0 Å². The molecule has 12 rings (SSSR count). The smallest absolute Gasteiger partial charge is 0.309 e. The monoisotopic (exact) mass is 1840 g/mol. The van der Waals surface area contributed by atoms with Crippen molar-refractivity contribution in [2.45, 2.75) is 380 Å². The lowest BCUT2D eigenvalue weighted by atomic mass is 9.71. The summed E-state index contributed by atoms with van der Waals surface area (Å²) in [6, 6.07) is 18.0. The predicted octanol–water partition coefficient (Wildman–Crippen LogP) is 22.1. The molecule has 6 fully saturated rings. The molecule has 3 aromatic carbocycles. The summed E-state index contributed by atoms with van der Waals surface area (Å²) in [5, 5.41) is 46.9. The molecule has 26 heteroatoms. The Morgan fingerprint density at radius 1 is 0.472 bits per heavy atom. The highest BCUT2D eigenvalue weighted by Gasteiger charge is 2.58. The van der Waals surface area contributed by atoms with Crippen molar-refractivity contribution in [1.29, 1.82) is 0 Å². The fourth-order valence-electron chi connectivity index (χ4n) is 18.3. The second kappa shape index (κ2) is 40.9. The average molecular weight is 1850 g/mol. The van der Waals surface area contributed by atoms with Gasteiger partial charge in [0.15, 0.2) is 16.6 Å². The van der Waals surface area contributed by atoms with Crippen molar-refractivity contribution < 1.29 is 86.5 Å². The maximum absolute atomic E-state index is 14.4. The van der Waals surface area contributed by atoms with Gasteiger partial charge in [0, 0.05) is 42.4 Å². The second-order valence-corrected chi connectivity index (χ2v) is 55.9. The number of rotatable bonds is 13. The molecule has 6 saturated heterocycles. The van der Waals surface area contributed by atoms with Crippen LogP contribution in [0.5, 0.6) is 0 Å². The second-order valence-electron chi connectivity index (χ2n) is 43.0. The van der Waals surface area contributed by atoms with E-state index < -0.39 is 117 Å². The van der Waals surface area contributed by atoms with Crippen LogP contribution in [0.25, 0.3) is 30.6 Å². The standard InChI is InChI=1S/C36H55NO6SSi.C35H53NO6SSi.C30H41NO6S/c1-12-14-25-32(43-45(10,11)34(4,5)6)22(2)15-13-18-36(9)30(42-36)20-27(24-16-17-28-26(19-24)37-23(3)44-28)41-31(39)21-29(38)35(7,8)33(25)40;1-11-13-24-31(38)22(2)14-12-17-35(8)29(41-35)19-26(23-15-16-27-25(18-23)36-21-43-27)40-30(37)20-28(34(6,7)32(24)39)42-44(9,10)33(3,4)5;1-7-9-20-27(34)17(2)10-8-13-30(6)25(37-30)15-22(19-11-12-23-21(14-19)31-18(3)38-23)36-26(33)16-24(32)29(4,5)28(20)35/h12,16-17,19,22,25,27,29-30,32,38H,1,13-15,18,20-21H2,2-11H3;11,15-16,18,21-22,24,26,28-29,31,38H,1,12-14,17,19-20H2,2-10H3;7,11-12,14,17,20,22,24-25,27,32,34H,1,8-10,13,15-16H2,2-6H3/t22-,25+,27-,29-,30-,32-,36+;22-,24+,26-,28-,29-,31-,35+;17-,20+,22-,24-,25-,27-,30+/m000/s1. The number of thiazole rings is 3. The number of aliphatic hydroxyl groups excluding tert-OH is 4. The Bertz CT molecular complexity index is 4880. The van der Waals surface area contributed by atoms with E-state index >= 15 is 0 Å². The number of ketones is 3. The van der Waals surface area contributed by atoms with Gasteiger partial charge in [-0.25, -0.2) is 15.0 Å². The Morgan fingerprint density at radius 3 is 1.20 bits per heavy atom. The third-order valence-corrected chi connectivity index (χ3v) is 41.5. The number of carbonyl (C=O) groups excluding carboxylic acids is 6. The number of fused-ring (bicyclic) bond motifs is 6. The summed E-state index contributed by atoms with van der Waals surface area (Å²) < 4.78 is 54.2. The first-order valence-corrected chi connectivity index (χ1v) is 54.6. The summed E-state index contributed by atoms with van der Waals surface area (Å²) in [7, 11) is -4.68. The SMILES string of the molecule is C=CC[C@H]1C(=O)C(C)(C)[C@@H](O)CC(=O)O[C@H](c2ccc3sc(C)nc3c2)C[C@@H]2O[C@]2(C)CCC[C@H](C)[C@@H]1O.C=CC[C@H]1C(=O)C(C)(C)[C@@H](O)CC(=O)O[C@H](c2ccc3sc(C)nc3c2)C[C@@H]2O[C@]2(C)CCC[C@H](C)[C@@H]1O[Si](C)(C)C(C)(C)C.C=CC[C@H]1C(=O)C(C)(C)[C@@H](O[Si](C)(C)C(C)(C)C)CC(=O)O[C@H](c2ccc3scnc3c2)C[C@@H]2O[C@]2(C)CCC[C@H](C)[C@@H]1O. The Labute approximate surface area is 769 Å². The molecule has 6 aliphatic heterocycles. The van der Waals surface area contributed by atoms with Crippen molar-refractivity contribution in [2.24, 2.45) is 51.8 Å². The van der Waals surface area contributed by atoms with E-state index in [-0.39, 0.29) is 106 Å². The molecule has 127 heavy (non-hydrogen) atoms. The summed E-state index contributed by atoms with van der Waals surface area (Å²) in [5.41, 5.74) is 2.54. The van der Waals surface area contributed by atoms with E-state index in [1.54, 1.807) is 79.9 Å². The summed E-state index contributed by atoms with van der Waals surface area (Å²) in [6.45, 7) is 60.3. The van der Waals surface area contributed by atoms with Crippen molar-refractivity contribution in [3.63, 3.8) is 0 Å². The van der Waals surface area contributed by atoms with Gasteiger partial charge in [-0.15, -0.1) is 53.7 Å². The number of allylic oxidation sites excluding steroid dienone is 3. The van der Waals surface area contributed by atoms with Crippen molar-refractivity contribution in [2.75, 3.05) is 0 Å². The van der Waals surface area contributed by atoms with E-state index in [0.717, 1.165) is 115 Å². The van der Waals surface area contributed by atoms with Gasteiger partial charge in [-0.05, 0) is 200 Å². The quantitative estimate of drug-likeness (QED) is 0.0274. The number of cyclic esters (lactones) is 3. The number of Topliss-reactive ketones (excluding diaryl/α,β-unsaturated/α-hetero) is 3. The molecule has 6 aromatic rings. The molecule has 3 aromatic heterocycles. The maximum Gasteiger partial charge on any atom is 0.309 e. The highest BCUT2D eigenvalue weighted by molar-refractivity contribution is 7.18. The predicted molar refractivity (Wildman–Crippen MR) is 511 cm³/mol. The zero-order valence-electron chi connectivity index (χ0n) is 80.3. The fraction of sp³-hybridized carbons (Fsp3) is 0.673. The van der Waals surface area contributed by atoms with Crippen molar-refractivity contribution in [3.05, 3.63) is 125 Å². The summed E-state index contributed by atoms with van der Waals surface area (Å²) in [5.74, 6) is -3.99. The van der Waals surface area contributed by atoms with Gasteiger partial charge in [0.05, 0.1) is 148 Å². The number of hydrogen-bond acceptors (Lipinski definition) is 24. The Morgan fingerprint density at radius 2 is 0.811 bits per heavy atom. The third kappa shape index (κ3) is 24.7. The Balaban J connectivity index is 0.000000199. The lowest BCUT2D eigenvalue weighted by Gasteiger charge is -2.45. The number of nitrogens with zero attached hydrogens (tertiary/aromatic N) is 3. The number of epoxide rings is 3. The lowest BCUT2D eigenvalue weighted by Crippen LogP contribution is -2.53. The van der Waals surface area contributed by atoms with Crippen LogP contribution in [-0.2, 0) is 66.0 Å². The van der Waals surface area contributed by atoms with Gasteiger partial charge in [-0.1, -0.05) is 160 Å². The van der Waals surface area contributed by atoms with Gasteiger partial charge in [0.25, 0.3) is 0 Å². The zero-order valence-corrected chi connectivity index (χ0v) is 84.8. The van der Waals surface area contributed by atoms with E-state index in [1.165, 1.54) is 0 Å². The molecule has 0 spiro atoms. The molecule has 21 nitrogen and oxygen atoms in total. The van der Waals surface area contributed by atoms with Crippen LogP contribution in [0.2, 0.25) is 36.3 Å². The van der Waals surface area contributed by atoms with Gasteiger partial charge in [0.2, 0.25) is 0 Å². The van der Waals surface area contributed by atoms with Gasteiger partial charge in [-0.2, -0.15) is 0 Å². The first-order chi connectivity index (χ1) is 59.0. The molecule has 0 aliphatic carbocycles. The minimum Gasteiger partial charge on any atom is -0.457 e. The molecule has 6 aliphatic rings. The maximum atomic E-state index is 14.4. The molecule has 0 bridgehead atoms. The molecule has 0 saturated carbocycles. The van der Waals surface area contributed by atoms with E-state index in [9.17, 15) is 49.2 Å². The lowest BCUT2D eigenvalue weighted by molar-refractivity contribution is -0.158. The fourth-order valence-corrected chi connectivity index (χ4v) is 23.5. The Kier molecular flexibility index (Phi) is 33.2. The van der Waals surface area contributed by atoms with Crippen LogP contribution in [-0.4, -0.2) is 159 Å². The molecule has 0 radical (unpaired) electrons. The van der Waals surface area contributed by atoms with E-state index in [2.05, 4.69) is 130 Å². The van der Waals surface area contributed by atoms with Crippen LogP contribution in [0.1, 0.15) is 285 Å². The molecular weight excluding hydrogens is 1700 g/mol. The van der Waals surface area contributed by atoms with Gasteiger partial charge in [-0.3, -0.25) is 28.8 Å². The molecule has 0 amide bonds. The van der Waals surface area contributed by atoms with E-state index in [0.29, 0.717) is 38.5 Å². The largest absolute Gasteiger partial charge is 0.457 e. The number of aliphatic hydroxyl groups is 4. The van der Waals surface area contributed by atoms with Crippen molar-refractivity contribution in [1.82, 2.24) is 15.0 Å². The van der Waals surface area contributed by atoms with Crippen LogP contribution in [0, 0.1) is 65.6 Å². The molecular formula is C101H149N3O18S3Si2. The average Bonchev–Trinajstić information content (AvgIpc) is 1.69. The highest BCUT2D eigenvalue weighted by atomic mass is 32.1. The van der Waals surface area contributed by atoms with Crippen LogP contribution in [0.15, 0.2) is 98.1 Å². The third-order valence-electron chi connectivity index (χ3n) is 29.9. The highest BCUT2D eigenvalue weighted by Crippen LogP contribution is 2.53. The van der Waals surface area contributed by atoms with Crippen LogP contribution in [0.4, 0.5) is 0 Å². The molecule has 9 heterocycles. The number of benzene rings is 3. The molecule has 702 valence electrons. The summed E-state index contributed by atoms with van der Waals surface area (Å²) >= 11 is 4.82. The van der Waals surface area contributed by atoms with Crippen LogP contribution in [0.3, 0.4) is 0 Å². The number of carbonyl (C=O) groups is 6. The zero-order chi connectivity index (χ0) is 94.0. The normalized spacial score (nSPS) is 33.1. The molecule has 21 atom stereocenters. The number of aromatic nitrogens is 3. The molecule has 4 N–H and O–H groups in total. The van der Waals surface area contributed by atoms with E-state index in [1.807, 2.05) is 102 Å². The Hall–Kier alpha value is -5.96. The first-order valence-electron chi connectivity index (χ1n) is 46.3. The number of hydrogen-bond donors (Lipinski definition) is 4. The minimum atomic E-state index is -2.42. The number of aryl methyl sites for hydroxylation is 2. The topological polar surface area (TPSA) is 306 Å². The van der Waals surface area contributed by atoms with Crippen LogP contribution >= 0.6 is 34.0 Å². The first kappa shape index (κ1) is 103. The number of esters is 3.